The van der Waals surface area contributed by atoms with Crippen molar-refractivity contribution in [3.63, 3.8) is 0 Å². The lowest BCUT2D eigenvalue weighted by Gasteiger charge is -2.18. The number of aryl methyl sites for hydroxylation is 1. The van der Waals surface area contributed by atoms with Gasteiger partial charge in [-0.1, -0.05) is 47.7 Å². The summed E-state index contributed by atoms with van der Waals surface area (Å²) in [6.45, 7) is 0.278. The number of aromatic nitrogens is 3. The normalized spacial score (nSPS) is 12.4. The molecule has 5 rings (SSSR count). The molecule has 0 unspecified atom stereocenters. The topological polar surface area (TPSA) is 74.1 Å². The van der Waals surface area contributed by atoms with Crippen LogP contribution in [-0.4, -0.2) is 26.6 Å². The molecule has 1 aromatic heterocycles. The number of benzene rings is 3. The fraction of sp³-hybridized carbons (Fsp3) is 0.0833. The van der Waals surface area contributed by atoms with Crippen molar-refractivity contribution in [3.05, 3.63) is 101 Å². The molecule has 4 aromatic rings. The summed E-state index contributed by atoms with van der Waals surface area (Å²) in [6, 6.07) is 19.8. The quantitative estimate of drug-likeness (QED) is 0.462. The van der Waals surface area contributed by atoms with Crippen LogP contribution in [0.15, 0.2) is 72.9 Å². The largest absolute Gasteiger partial charge is 0.489 e. The number of carbonyl (C=O) groups is 2. The SMILES string of the molecule is Cn1cc(-c2cccc(OCc3ccc4c(c3)C(=O)c3ccccc3C4=O)c2)nn1. The Kier molecular flexibility index (Phi) is 4.25. The molecule has 0 fully saturated rings. The zero-order chi connectivity index (χ0) is 20.7. The first-order valence-electron chi connectivity index (χ1n) is 9.51. The van der Waals surface area contributed by atoms with E-state index in [1.54, 1.807) is 41.1 Å². The van der Waals surface area contributed by atoms with E-state index in [1.807, 2.05) is 43.6 Å². The summed E-state index contributed by atoms with van der Waals surface area (Å²) in [7, 11) is 1.82. The molecule has 0 radical (unpaired) electrons. The summed E-state index contributed by atoms with van der Waals surface area (Å²) in [5, 5.41) is 8.07. The van der Waals surface area contributed by atoms with E-state index >= 15 is 0 Å². The highest BCUT2D eigenvalue weighted by atomic mass is 16.5. The van der Waals surface area contributed by atoms with E-state index in [2.05, 4.69) is 10.3 Å². The number of ketones is 2. The van der Waals surface area contributed by atoms with Crippen molar-refractivity contribution in [3.8, 4) is 17.0 Å². The van der Waals surface area contributed by atoms with E-state index in [-0.39, 0.29) is 18.2 Å². The van der Waals surface area contributed by atoms with E-state index in [9.17, 15) is 9.59 Å². The van der Waals surface area contributed by atoms with Crippen LogP contribution in [0, 0.1) is 0 Å². The average Bonchev–Trinajstić information content (AvgIpc) is 3.22. The first kappa shape index (κ1) is 18.0. The van der Waals surface area contributed by atoms with Crippen LogP contribution in [0.3, 0.4) is 0 Å². The summed E-state index contributed by atoms with van der Waals surface area (Å²) >= 11 is 0. The molecular formula is C24H17N3O3. The first-order chi connectivity index (χ1) is 14.6. The van der Waals surface area contributed by atoms with Gasteiger partial charge in [-0.2, -0.15) is 0 Å². The summed E-state index contributed by atoms with van der Waals surface area (Å²) < 4.78 is 7.58. The van der Waals surface area contributed by atoms with Gasteiger partial charge in [-0.05, 0) is 29.8 Å². The summed E-state index contributed by atoms with van der Waals surface area (Å²) in [5.41, 5.74) is 4.26. The van der Waals surface area contributed by atoms with Crippen molar-refractivity contribution in [2.24, 2.45) is 7.05 Å². The molecular weight excluding hydrogens is 378 g/mol. The Bertz CT molecular complexity index is 1310. The van der Waals surface area contributed by atoms with Crippen LogP contribution >= 0.6 is 0 Å². The summed E-state index contributed by atoms with van der Waals surface area (Å²) in [6.07, 6.45) is 1.84. The second-order valence-corrected chi connectivity index (χ2v) is 7.18. The van der Waals surface area contributed by atoms with E-state index in [0.717, 1.165) is 16.8 Å². The molecule has 0 saturated carbocycles. The summed E-state index contributed by atoms with van der Waals surface area (Å²) in [5.74, 6) is 0.430. The van der Waals surface area contributed by atoms with Gasteiger partial charge >= 0.3 is 0 Å². The predicted molar refractivity (Wildman–Crippen MR) is 111 cm³/mol. The highest BCUT2D eigenvalue weighted by Gasteiger charge is 2.29. The molecule has 6 nitrogen and oxygen atoms in total. The van der Waals surface area contributed by atoms with E-state index < -0.39 is 0 Å². The van der Waals surface area contributed by atoms with Gasteiger partial charge in [0.15, 0.2) is 11.6 Å². The van der Waals surface area contributed by atoms with Gasteiger partial charge in [-0.25, -0.2) is 0 Å². The number of fused-ring (bicyclic) bond motifs is 2. The molecule has 3 aromatic carbocycles. The zero-order valence-corrected chi connectivity index (χ0v) is 16.2. The van der Waals surface area contributed by atoms with Gasteiger partial charge in [-0.15, -0.1) is 5.10 Å². The number of ether oxygens (including phenoxy) is 1. The number of hydrogen-bond donors (Lipinski definition) is 0. The maximum Gasteiger partial charge on any atom is 0.194 e. The van der Waals surface area contributed by atoms with Gasteiger partial charge in [0.2, 0.25) is 0 Å². The third kappa shape index (κ3) is 3.08. The standard InChI is InChI=1S/C24H17N3O3/c1-27-13-22(25-26-27)16-5-4-6-17(12-16)30-14-15-9-10-20-21(11-15)24(29)19-8-3-2-7-18(19)23(20)28/h2-13H,14H2,1H3. The molecule has 0 aliphatic heterocycles. The minimum atomic E-state index is -0.133. The lowest BCUT2D eigenvalue weighted by molar-refractivity contribution is 0.0979. The molecule has 1 aliphatic carbocycles. The van der Waals surface area contributed by atoms with Crippen LogP contribution in [0.5, 0.6) is 5.75 Å². The third-order valence-corrected chi connectivity index (χ3v) is 5.13. The number of hydrogen-bond acceptors (Lipinski definition) is 5. The van der Waals surface area contributed by atoms with Crippen LogP contribution in [0.25, 0.3) is 11.3 Å². The number of carbonyl (C=O) groups excluding carboxylic acids is 2. The smallest absolute Gasteiger partial charge is 0.194 e. The van der Waals surface area contributed by atoms with Crippen LogP contribution in [0.4, 0.5) is 0 Å². The fourth-order valence-corrected chi connectivity index (χ4v) is 3.63. The first-order valence-corrected chi connectivity index (χ1v) is 9.51. The zero-order valence-electron chi connectivity index (χ0n) is 16.2. The molecule has 6 heteroatoms. The second-order valence-electron chi connectivity index (χ2n) is 7.18. The predicted octanol–water partition coefficient (Wildman–Crippen LogP) is 3.84. The van der Waals surface area contributed by atoms with Crippen LogP contribution in [0.1, 0.15) is 37.4 Å². The third-order valence-electron chi connectivity index (χ3n) is 5.13. The van der Waals surface area contributed by atoms with Gasteiger partial charge in [0, 0.05) is 34.9 Å². The Morgan fingerprint density at radius 1 is 0.833 bits per heavy atom. The minimum Gasteiger partial charge on any atom is -0.489 e. The van der Waals surface area contributed by atoms with Gasteiger partial charge in [0.05, 0.1) is 6.20 Å². The van der Waals surface area contributed by atoms with Gasteiger partial charge < -0.3 is 4.74 Å². The Labute approximate surface area is 172 Å². The molecule has 1 heterocycles. The number of nitrogens with zero attached hydrogens (tertiary/aromatic N) is 3. The van der Waals surface area contributed by atoms with Crippen LogP contribution in [-0.2, 0) is 13.7 Å². The second kappa shape index (κ2) is 7.08. The lowest BCUT2D eigenvalue weighted by atomic mass is 9.83. The molecule has 0 saturated heterocycles. The van der Waals surface area contributed by atoms with E-state index in [1.165, 1.54) is 0 Å². The van der Waals surface area contributed by atoms with E-state index in [4.69, 9.17) is 4.74 Å². The van der Waals surface area contributed by atoms with Crippen molar-refractivity contribution in [1.29, 1.82) is 0 Å². The molecule has 0 amide bonds. The monoisotopic (exact) mass is 395 g/mol. The maximum atomic E-state index is 12.9. The van der Waals surface area contributed by atoms with Gasteiger partial charge in [0.25, 0.3) is 0 Å². The fourth-order valence-electron chi connectivity index (χ4n) is 3.63. The highest BCUT2D eigenvalue weighted by Crippen LogP contribution is 2.28. The molecule has 0 spiro atoms. The van der Waals surface area contributed by atoms with Crippen molar-refractivity contribution >= 4 is 11.6 Å². The molecule has 0 atom stereocenters. The van der Waals surface area contributed by atoms with Crippen LogP contribution < -0.4 is 4.74 Å². The lowest BCUT2D eigenvalue weighted by Crippen LogP contribution is -2.21. The molecule has 146 valence electrons. The van der Waals surface area contributed by atoms with Gasteiger partial charge in [0.1, 0.15) is 18.1 Å². The molecule has 0 bridgehead atoms. The molecule has 0 N–H and O–H groups in total. The minimum absolute atomic E-state index is 0.121. The van der Waals surface area contributed by atoms with E-state index in [0.29, 0.717) is 28.0 Å². The Morgan fingerprint density at radius 3 is 2.30 bits per heavy atom. The Hall–Kier alpha value is -4.06. The van der Waals surface area contributed by atoms with Gasteiger partial charge in [-0.3, -0.25) is 14.3 Å². The molecule has 1 aliphatic rings. The Balaban J connectivity index is 1.39. The van der Waals surface area contributed by atoms with Crippen molar-refractivity contribution in [1.82, 2.24) is 15.0 Å². The molecule has 30 heavy (non-hydrogen) atoms. The Morgan fingerprint density at radius 2 is 1.57 bits per heavy atom. The average molecular weight is 395 g/mol. The number of rotatable bonds is 4. The van der Waals surface area contributed by atoms with Crippen molar-refractivity contribution in [2.45, 2.75) is 6.61 Å². The van der Waals surface area contributed by atoms with Crippen LogP contribution in [0.2, 0.25) is 0 Å². The maximum absolute atomic E-state index is 12.9. The van der Waals surface area contributed by atoms with Crippen molar-refractivity contribution < 1.29 is 14.3 Å². The summed E-state index contributed by atoms with van der Waals surface area (Å²) in [4.78, 5) is 25.6. The highest BCUT2D eigenvalue weighted by molar-refractivity contribution is 6.28. The van der Waals surface area contributed by atoms with Crippen molar-refractivity contribution in [2.75, 3.05) is 0 Å².